The molecule has 0 saturated heterocycles. The lowest BCUT2D eigenvalue weighted by molar-refractivity contribution is 0.136. The third-order valence-electron chi connectivity index (χ3n) is 2.56. The van der Waals surface area contributed by atoms with Crippen molar-refractivity contribution in [2.24, 2.45) is 5.84 Å². The van der Waals surface area contributed by atoms with Crippen LogP contribution in [0.1, 0.15) is 18.9 Å². The van der Waals surface area contributed by atoms with E-state index in [0.717, 1.165) is 0 Å². The molecule has 0 bridgehead atoms. The molecule has 0 aliphatic carbocycles. The first-order valence-electron chi connectivity index (χ1n) is 5.65. The number of halogens is 2. The van der Waals surface area contributed by atoms with Crippen molar-refractivity contribution in [1.82, 2.24) is 5.43 Å². The van der Waals surface area contributed by atoms with Crippen LogP contribution in [-0.2, 0) is 11.2 Å². The zero-order valence-electron chi connectivity index (χ0n) is 9.88. The molecule has 3 nitrogen and oxygen atoms in total. The minimum atomic E-state index is -0.540. The summed E-state index contributed by atoms with van der Waals surface area (Å²) in [5.74, 6) is 4.27. The van der Waals surface area contributed by atoms with Gasteiger partial charge in [0.05, 0.1) is 0 Å². The van der Waals surface area contributed by atoms with Gasteiger partial charge in [-0.1, -0.05) is 6.07 Å². The topological polar surface area (TPSA) is 47.3 Å². The molecule has 3 N–H and O–H groups in total. The average molecular weight is 244 g/mol. The van der Waals surface area contributed by atoms with Crippen molar-refractivity contribution in [3.8, 4) is 0 Å². The Labute approximate surface area is 99.9 Å². The molecule has 0 saturated carbocycles. The first kappa shape index (κ1) is 14.0. The van der Waals surface area contributed by atoms with E-state index in [9.17, 15) is 8.78 Å². The van der Waals surface area contributed by atoms with Gasteiger partial charge in [-0.15, -0.1) is 0 Å². The van der Waals surface area contributed by atoms with E-state index < -0.39 is 11.6 Å². The summed E-state index contributed by atoms with van der Waals surface area (Å²) in [6, 6.07) is 3.63. The Bertz CT molecular complexity index is 327. The standard InChI is InChI=1S/C12H18F2N2O/c1-2-17-7-6-9(16-15)8-10-11(13)4-3-5-12(10)14/h3-5,9,16H,2,6-8,15H2,1H3. The van der Waals surface area contributed by atoms with Gasteiger partial charge in [0, 0.05) is 24.8 Å². The van der Waals surface area contributed by atoms with Gasteiger partial charge < -0.3 is 4.74 Å². The summed E-state index contributed by atoms with van der Waals surface area (Å²) in [6.45, 7) is 3.02. The smallest absolute Gasteiger partial charge is 0.129 e. The normalized spacial score (nSPS) is 12.7. The summed E-state index contributed by atoms with van der Waals surface area (Å²) >= 11 is 0. The lowest BCUT2D eigenvalue weighted by Gasteiger charge is -2.16. The van der Waals surface area contributed by atoms with Gasteiger partial charge in [-0.25, -0.2) is 8.78 Å². The number of rotatable bonds is 7. The molecular weight excluding hydrogens is 226 g/mol. The summed E-state index contributed by atoms with van der Waals surface area (Å²) in [7, 11) is 0. The first-order chi connectivity index (χ1) is 8.19. The van der Waals surface area contributed by atoms with Crippen molar-refractivity contribution in [2.75, 3.05) is 13.2 Å². The molecule has 1 atom stereocenters. The number of hydrogen-bond acceptors (Lipinski definition) is 3. The van der Waals surface area contributed by atoms with Crippen LogP contribution in [0, 0.1) is 11.6 Å². The highest BCUT2D eigenvalue weighted by Crippen LogP contribution is 2.15. The molecular formula is C12H18F2N2O. The molecule has 5 heteroatoms. The minimum absolute atomic E-state index is 0.0620. The van der Waals surface area contributed by atoms with E-state index in [1.807, 2.05) is 6.92 Å². The van der Waals surface area contributed by atoms with Crippen molar-refractivity contribution in [3.05, 3.63) is 35.4 Å². The monoisotopic (exact) mass is 244 g/mol. The highest BCUT2D eigenvalue weighted by atomic mass is 19.1. The Balaban J connectivity index is 2.60. The van der Waals surface area contributed by atoms with Gasteiger partial charge >= 0.3 is 0 Å². The number of hydrazine groups is 1. The maximum Gasteiger partial charge on any atom is 0.129 e. The fourth-order valence-corrected chi connectivity index (χ4v) is 1.59. The maximum atomic E-state index is 13.4. The molecule has 0 fully saturated rings. The van der Waals surface area contributed by atoms with E-state index in [2.05, 4.69) is 5.43 Å². The Hall–Kier alpha value is -1.04. The van der Waals surface area contributed by atoms with E-state index in [1.165, 1.54) is 18.2 Å². The second-order valence-electron chi connectivity index (χ2n) is 3.75. The molecule has 1 aromatic carbocycles. The van der Waals surface area contributed by atoms with Crippen LogP contribution in [0.15, 0.2) is 18.2 Å². The van der Waals surface area contributed by atoms with Gasteiger partial charge in [0.25, 0.3) is 0 Å². The molecule has 0 amide bonds. The van der Waals surface area contributed by atoms with Crippen LogP contribution < -0.4 is 11.3 Å². The zero-order valence-corrected chi connectivity index (χ0v) is 9.88. The maximum absolute atomic E-state index is 13.4. The van der Waals surface area contributed by atoms with Crippen LogP contribution in [-0.4, -0.2) is 19.3 Å². The zero-order chi connectivity index (χ0) is 12.7. The molecule has 17 heavy (non-hydrogen) atoms. The predicted molar refractivity (Wildman–Crippen MR) is 62.3 cm³/mol. The van der Waals surface area contributed by atoms with Crippen molar-refractivity contribution in [2.45, 2.75) is 25.8 Å². The number of hydrogen-bond donors (Lipinski definition) is 2. The Morgan fingerprint density at radius 3 is 2.53 bits per heavy atom. The second kappa shape index (κ2) is 7.32. The second-order valence-corrected chi connectivity index (χ2v) is 3.75. The van der Waals surface area contributed by atoms with Crippen molar-refractivity contribution in [3.63, 3.8) is 0 Å². The number of ether oxygens (including phenoxy) is 1. The quantitative estimate of drug-likeness (QED) is 0.436. The van der Waals surface area contributed by atoms with Gasteiger partial charge in [-0.3, -0.25) is 11.3 Å². The van der Waals surface area contributed by atoms with Gasteiger partial charge in [-0.05, 0) is 31.9 Å². The van der Waals surface area contributed by atoms with E-state index >= 15 is 0 Å². The Morgan fingerprint density at radius 2 is 2.00 bits per heavy atom. The fraction of sp³-hybridized carbons (Fsp3) is 0.500. The molecule has 1 aromatic rings. The molecule has 0 aromatic heterocycles. The van der Waals surface area contributed by atoms with Crippen LogP contribution in [0.2, 0.25) is 0 Å². The van der Waals surface area contributed by atoms with Crippen molar-refractivity contribution < 1.29 is 13.5 Å². The van der Waals surface area contributed by atoms with Crippen LogP contribution in [0.4, 0.5) is 8.78 Å². The third-order valence-corrected chi connectivity index (χ3v) is 2.56. The Kier molecular flexibility index (Phi) is 6.04. The van der Waals surface area contributed by atoms with E-state index in [1.54, 1.807) is 0 Å². The lowest BCUT2D eigenvalue weighted by Crippen LogP contribution is -2.38. The fourth-order valence-electron chi connectivity index (χ4n) is 1.59. The van der Waals surface area contributed by atoms with Crippen LogP contribution >= 0.6 is 0 Å². The molecule has 0 heterocycles. The van der Waals surface area contributed by atoms with E-state index in [4.69, 9.17) is 10.6 Å². The van der Waals surface area contributed by atoms with Gasteiger partial charge in [-0.2, -0.15) is 0 Å². The number of nitrogens with one attached hydrogen (secondary N) is 1. The third kappa shape index (κ3) is 4.38. The lowest BCUT2D eigenvalue weighted by atomic mass is 10.0. The van der Waals surface area contributed by atoms with Crippen LogP contribution in [0.3, 0.4) is 0 Å². The predicted octanol–water partition coefficient (Wildman–Crippen LogP) is 1.77. The van der Waals surface area contributed by atoms with E-state index in [0.29, 0.717) is 19.6 Å². The molecule has 0 spiro atoms. The average Bonchev–Trinajstić information content (AvgIpc) is 2.32. The van der Waals surface area contributed by atoms with E-state index in [-0.39, 0.29) is 18.0 Å². The molecule has 0 aliphatic heterocycles. The highest BCUT2D eigenvalue weighted by molar-refractivity contribution is 5.20. The van der Waals surface area contributed by atoms with Crippen LogP contribution in [0.5, 0.6) is 0 Å². The molecule has 1 unspecified atom stereocenters. The summed E-state index contributed by atoms with van der Waals surface area (Å²) in [5.41, 5.74) is 2.61. The van der Waals surface area contributed by atoms with Gasteiger partial charge in [0.2, 0.25) is 0 Å². The summed E-state index contributed by atoms with van der Waals surface area (Å²) < 4.78 is 32.0. The first-order valence-corrected chi connectivity index (χ1v) is 5.65. The van der Waals surface area contributed by atoms with Gasteiger partial charge in [0.15, 0.2) is 0 Å². The molecule has 0 radical (unpaired) electrons. The number of nitrogens with two attached hydrogens (primary N) is 1. The number of benzene rings is 1. The summed E-state index contributed by atoms with van der Waals surface area (Å²) in [4.78, 5) is 0. The minimum Gasteiger partial charge on any atom is -0.382 e. The molecule has 0 aliphatic rings. The largest absolute Gasteiger partial charge is 0.382 e. The van der Waals surface area contributed by atoms with Gasteiger partial charge in [0.1, 0.15) is 11.6 Å². The molecule has 96 valence electrons. The molecule has 1 rings (SSSR count). The van der Waals surface area contributed by atoms with Crippen molar-refractivity contribution >= 4 is 0 Å². The Morgan fingerprint density at radius 1 is 1.35 bits per heavy atom. The SMILES string of the molecule is CCOCCC(Cc1c(F)cccc1F)NN. The summed E-state index contributed by atoms with van der Waals surface area (Å²) in [6.07, 6.45) is 0.820. The van der Waals surface area contributed by atoms with Crippen LogP contribution in [0.25, 0.3) is 0 Å². The highest BCUT2D eigenvalue weighted by Gasteiger charge is 2.14. The van der Waals surface area contributed by atoms with Crippen molar-refractivity contribution in [1.29, 1.82) is 0 Å². The summed E-state index contributed by atoms with van der Waals surface area (Å²) in [5, 5.41) is 0.